The van der Waals surface area contributed by atoms with Crippen molar-refractivity contribution in [3.8, 4) is 5.75 Å². The van der Waals surface area contributed by atoms with Gasteiger partial charge in [-0.1, -0.05) is 25.1 Å². The average molecular weight is 391 g/mol. The molecule has 2 rings (SSSR count). The Morgan fingerprint density at radius 1 is 1.07 bits per heavy atom. The molecule has 2 aromatic rings. The molecule has 0 heterocycles. The second-order valence-corrected chi connectivity index (χ2v) is 8.00. The smallest absolute Gasteiger partial charge is 0.251 e. The van der Waals surface area contributed by atoms with Crippen molar-refractivity contribution in [3.05, 3.63) is 59.2 Å². The van der Waals surface area contributed by atoms with E-state index in [9.17, 15) is 13.2 Å². The molecule has 0 saturated carbocycles. The number of rotatable bonds is 9. The van der Waals surface area contributed by atoms with Crippen LogP contribution in [0.5, 0.6) is 5.75 Å². The maximum atomic E-state index is 12.6. The number of carbonyl (C=O) groups excluding carboxylic acids is 1. The third-order valence-electron chi connectivity index (χ3n) is 4.16. The molecule has 27 heavy (non-hydrogen) atoms. The first-order valence-corrected chi connectivity index (χ1v) is 10.4. The van der Waals surface area contributed by atoms with Crippen LogP contribution in [0.3, 0.4) is 0 Å². The van der Waals surface area contributed by atoms with Crippen LogP contribution in [-0.2, 0) is 16.4 Å². The van der Waals surface area contributed by atoms with Gasteiger partial charge in [-0.2, -0.15) is 0 Å². The maximum Gasteiger partial charge on any atom is 0.251 e. The molecule has 1 amide bonds. The second-order valence-electron chi connectivity index (χ2n) is 6.23. The van der Waals surface area contributed by atoms with Gasteiger partial charge in [0.2, 0.25) is 10.0 Å². The lowest BCUT2D eigenvalue weighted by Crippen LogP contribution is -2.28. The van der Waals surface area contributed by atoms with Crippen molar-refractivity contribution in [1.82, 2.24) is 10.0 Å². The van der Waals surface area contributed by atoms with Gasteiger partial charge in [0, 0.05) is 18.7 Å². The number of benzene rings is 2. The van der Waals surface area contributed by atoms with Gasteiger partial charge < -0.3 is 10.1 Å². The molecule has 0 atom stereocenters. The molecular weight excluding hydrogens is 364 g/mol. The molecule has 146 valence electrons. The topological polar surface area (TPSA) is 84.5 Å². The van der Waals surface area contributed by atoms with Crippen LogP contribution in [0.2, 0.25) is 0 Å². The summed E-state index contributed by atoms with van der Waals surface area (Å²) in [6.45, 7) is 4.56. The highest BCUT2D eigenvalue weighted by Crippen LogP contribution is 2.16. The highest BCUT2D eigenvalue weighted by molar-refractivity contribution is 7.89. The van der Waals surface area contributed by atoms with E-state index in [4.69, 9.17) is 4.74 Å². The largest absolute Gasteiger partial charge is 0.497 e. The van der Waals surface area contributed by atoms with Gasteiger partial charge in [0.05, 0.1) is 12.0 Å². The predicted molar refractivity (Wildman–Crippen MR) is 106 cm³/mol. The Balaban J connectivity index is 2.05. The SMILES string of the molecule is CCCNC(=O)c1cc(S(=O)(=O)NCCc2ccc(OC)cc2)ccc1C. The van der Waals surface area contributed by atoms with E-state index in [1.807, 2.05) is 31.2 Å². The van der Waals surface area contributed by atoms with Gasteiger partial charge >= 0.3 is 0 Å². The van der Waals surface area contributed by atoms with Crippen LogP contribution < -0.4 is 14.8 Å². The minimum atomic E-state index is -3.69. The average Bonchev–Trinajstić information content (AvgIpc) is 2.66. The molecule has 0 spiro atoms. The Morgan fingerprint density at radius 3 is 2.41 bits per heavy atom. The van der Waals surface area contributed by atoms with Gasteiger partial charge in [0.25, 0.3) is 5.91 Å². The van der Waals surface area contributed by atoms with Gasteiger partial charge in [-0.3, -0.25) is 4.79 Å². The van der Waals surface area contributed by atoms with Gasteiger partial charge in [0.15, 0.2) is 0 Å². The number of aryl methyl sites for hydroxylation is 1. The summed E-state index contributed by atoms with van der Waals surface area (Å²) >= 11 is 0. The van der Waals surface area contributed by atoms with Crippen LogP contribution in [0.1, 0.15) is 34.8 Å². The van der Waals surface area contributed by atoms with Crippen molar-refractivity contribution < 1.29 is 17.9 Å². The summed E-state index contributed by atoms with van der Waals surface area (Å²) < 4.78 is 32.8. The fourth-order valence-electron chi connectivity index (χ4n) is 2.55. The molecule has 0 bridgehead atoms. The minimum Gasteiger partial charge on any atom is -0.497 e. The minimum absolute atomic E-state index is 0.0875. The highest BCUT2D eigenvalue weighted by Gasteiger charge is 2.17. The van der Waals surface area contributed by atoms with Crippen LogP contribution in [0.25, 0.3) is 0 Å². The number of ether oxygens (including phenoxy) is 1. The molecule has 2 aromatic carbocycles. The van der Waals surface area contributed by atoms with E-state index in [2.05, 4.69) is 10.0 Å². The first kappa shape index (κ1) is 20.9. The van der Waals surface area contributed by atoms with Crippen LogP contribution in [0, 0.1) is 6.92 Å². The lowest BCUT2D eigenvalue weighted by Gasteiger charge is -2.11. The number of methoxy groups -OCH3 is 1. The van der Waals surface area contributed by atoms with Crippen LogP contribution in [0.4, 0.5) is 0 Å². The summed E-state index contributed by atoms with van der Waals surface area (Å²) in [4.78, 5) is 12.3. The molecule has 0 aliphatic carbocycles. The van der Waals surface area contributed by atoms with E-state index in [-0.39, 0.29) is 17.3 Å². The lowest BCUT2D eigenvalue weighted by atomic mass is 10.1. The van der Waals surface area contributed by atoms with Crippen molar-refractivity contribution in [2.45, 2.75) is 31.6 Å². The van der Waals surface area contributed by atoms with Crippen LogP contribution >= 0.6 is 0 Å². The van der Waals surface area contributed by atoms with E-state index in [1.165, 1.54) is 12.1 Å². The summed E-state index contributed by atoms with van der Waals surface area (Å²) in [5.74, 6) is 0.498. The Morgan fingerprint density at radius 2 is 1.78 bits per heavy atom. The van der Waals surface area contributed by atoms with Crippen LogP contribution in [0.15, 0.2) is 47.4 Å². The zero-order valence-corrected chi connectivity index (χ0v) is 16.7. The number of sulfonamides is 1. The summed E-state index contributed by atoms with van der Waals surface area (Å²) in [5, 5.41) is 2.78. The quantitative estimate of drug-likeness (QED) is 0.689. The molecule has 0 fully saturated rings. The Kier molecular flexibility index (Phi) is 7.38. The van der Waals surface area contributed by atoms with Crippen molar-refractivity contribution in [2.75, 3.05) is 20.2 Å². The standard InChI is InChI=1S/C20H26N2O4S/c1-4-12-21-20(23)19-14-18(10-5-15(19)2)27(24,25)22-13-11-16-6-8-17(26-3)9-7-16/h5-10,14,22H,4,11-13H2,1-3H3,(H,21,23). The number of amides is 1. The van der Waals surface area contributed by atoms with E-state index >= 15 is 0 Å². The summed E-state index contributed by atoms with van der Waals surface area (Å²) in [5.41, 5.74) is 2.12. The molecule has 0 aromatic heterocycles. The van der Waals surface area contributed by atoms with Gasteiger partial charge in [-0.15, -0.1) is 0 Å². The Labute approximate surface area is 161 Å². The van der Waals surface area contributed by atoms with E-state index in [0.29, 0.717) is 18.5 Å². The zero-order valence-electron chi connectivity index (χ0n) is 15.9. The van der Waals surface area contributed by atoms with Crippen molar-refractivity contribution in [2.24, 2.45) is 0 Å². The van der Waals surface area contributed by atoms with Crippen LogP contribution in [-0.4, -0.2) is 34.5 Å². The third-order valence-corrected chi connectivity index (χ3v) is 5.62. The van der Waals surface area contributed by atoms with E-state index in [1.54, 1.807) is 20.1 Å². The fraction of sp³-hybridized carbons (Fsp3) is 0.350. The fourth-order valence-corrected chi connectivity index (χ4v) is 3.61. The summed E-state index contributed by atoms with van der Waals surface area (Å²) in [7, 11) is -2.09. The van der Waals surface area contributed by atoms with Gasteiger partial charge in [-0.05, 0) is 55.2 Å². The normalized spacial score (nSPS) is 11.2. The lowest BCUT2D eigenvalue weighted by molar-refractivity contribution is 0.0953. The molecule has 6 nitrogen and oxygen atoms in total. The number of nitrogens with one attached hydrogen (secondary N) is 2. The third kappa shape index (κ3) is 5.80. The van der Waals surface area contributed by atoms with Gasteiger partial charge in [0.1, 0.15) is 5.75 Å². The molecular formula is C20H26N2O4S. The molecule has 0 unspecified atom stereocenters. The van der Waals surface area contributed by atoms with Gasteiger partial charge in [-0.25, -0.2) is 13.1 Å². The number of hydrogen-bond acceptors (Lipinski definition) is 4. The number of hydrogen-bond donors (Lipinski definition) is 2. The first-order valence-electron chi connectivity index (χ1n) is 8.89. The maximum absolute atomic E-state index is 12.6. The van der Waals surface area contributed by atoms with E-state index in [0.717, 1.165) is 23.3 Å². The zero-order chi connectivity index (χ0) is 19.9. The Bertz CT molecular complexity index is 877. The van der Waals surface area contributed by atoms with Crippen molar-refractivity contribution >= 4 is 15.9 Å². The molecule has 0 radical (unpaired) electrons. The molecule has 0 saturated heterocycles. The van der Waals surface area contributed by atoms with E-state index < -0.39 is 10.0 Å². The van der Waals surface area contributed by atoms with Crippen molar-refractivity contribution in [3.63, 3.8) is 0 Å². The monoisotopic (exact) mass is 390 g/mol. The molecule has 7 heteroatoms. The number of carbonyl (C=O) groups is 1. The Hall–Kier alpha value is -2.38. The van der Waals surface area contributed by atoms with Crippen molar-refractivity contribution in [1.29, 1.82) is 0 Å². The molecule has 0 aliphatic rings. The first-order chi connectivity index (χ1) is 12.9. The summed E-state index contributed by atoms with van der Waals surface area (Å²) in [6, 6.07) is 12.1. The predicted octanol–water partition coefficient (Wildman–Crippen LogP) is 2.66. The highest BCUT2D eigenvalue weighted by atomic mass is 32.2. The summed E-state index contributed by atoms with van der Waals surface area (Å²) in [6.07, 6.45) is 1.37. The molecule has 2 N–H and O–H groups in total. The second kappa shape index (κ2) is 9.53. The molecule has 0 aliphatic heterocycles.